The third kappa shape index (κ3) is 177. The van der Waals surface area contributed by atoms with Crippen LogP contribution < -0.4 is 0 Å². The molecule has 0 radical (unpaired) electrons. The average Bonchev–Trinajstić information content (AvgIpc) is 1.36. The molecule has 0 aliphatic heterocycles. The van der Waals surface area contributed by atoms with E-state index >= 15 is 0 Å². The minimum absolute atomic E-state index is 0. The van der Waals surface area contributed by atoms with Crippen LogP contribution in [0.5, 0.6) is 0 Å². The molecule has 1 atom stereocenters. The van der Waals surface area contributed by atoms with Crippen LogP contribution >= 0.6 is 9.12 Å². The molecule has 0 bridgehead atoms. The molecule has 5 nitrogen and oxygen atoms in total. The molecular weight excluding hydrogens is 249 g/mol. The van der Waals surface area contributed by atoms with Gasteiger partial charge in [-0.3, -0.25) is 8.42 Å². The van der Waals surface area contributed by atoms with Crippen molar-refractivity contribution in [2.75, 3.05) is 0 Å². The Hall–Kier alpha value is 1.85. The first-order chi connectivity index (χ1) is 3.00. The Morgan fingerprint density at radius 2 is 1.11 bits per heavy atom. The molecule has 0 N–H and O–H groups in total. The van der Waals surface area contributed by atoms with E-state index in [1.807, 2.05) is 0 Å². The monoisotopic (exact) mass is 249 g/mol. The maximum atomic E-state index is 8.52. The van der Waals surface area contributed by atoms with Gasteiger partial charge in [-0.15, -0.1) is 0 Å². The summed E-state index contributed by atoms with van der Waals surface area (Å²) in [6.07, 6.45) is 0. The maximum Gasteiger partial charge on any atom is 2.00 e. The molecule has 9 heavy (non-hydrogen) atoms. The van der Waals surface area contributed by atoms with Crippen LogP contribution in [0.1, 0.15) is 0 Å². The van der Waals surface area contributed by atoms with E-state index in [1.54, 1.807) is 0 Å². The van der Waals surface area contributed by atoms with Crippen LogP contribution in [-0.4, -0.2) is 55.3 Å². The summed E-state index contributed by atoms with van der Waals surface area (Å²) in [5.74, 6) is 0. The van der Waals surface area contributed by atoms with Gasteiger partial charge in [-0.25, -0.2) is 0 Å². The van der Waals surface area contributed by atoms with Gasteiger partial charge in [0.05, 0.1) is 0 Å². The minimum Gasteiger partial charge on any atom is -0.759 e. The van der Waals surface area contributed by atoms with Crippen LogP contribution in [0.4, 0.5) is 0 Å². The molecule has 0 aromatic carbocycles. The van der Waals surface area contributed by atoms with E-state index in [9.17, 15) is 0 Å². The van der Waals surface area contributed by atoms with E-state index in [0.717, 1.165) is 0 Å². The van der Waals surface area contributed by atoms with Crippen molar-refractivity contribution in [1.29, 1.82) is 0 Å². The fraction of sp³-hybridized carbons (Fsp3) is 0. The molecule has 0 amide bonds. The van der Waals surface area contributed by atoms with Crippen LogP contribution in [0.25, 0.3) is 0 Å². The summed E-state index contributed by atoms with van der Waals surface area (Å²) in [5, 5.41) is 0. The molecule has 0 aromatic heterocycles. The van der Waals surface area contributed by atoms with Crippen molar-refractivity contribution < 1.29 is 41.6 Å². The molecule has 0 aromatic rings. The third-order valence-corrected chi connectivity index (χ3v) is 0. The molecule has 9 heteroatoms. The van der Waals surface area contributed by atoms with E-state index in [0.29, 0.717) is 0 Å². The van der Waals surface area contributed by atoms with E-state index < -0.39 is 10.4 Å². The summed E-state index contributed by atoms with van der Waals surface area (Å²) in [4.78, 5) is 0. The molecule has 0 aliphatic rings. The van der Waals surface area contributed by atoms with Gasteiger partial charge < -0.3 is 9.11 Å². The Kier molecular flexibility index (Phi) is 31.2. The predicted octanol–water partition coefficient (Wildman–Crippen LogP) is -1.51. The van der Waals surface area contributed by atoms with Gasteiger partial charge in [-0.05, 0) is 0 Å². The summed E-state index contributed by atoms with van der Waals surface area (Å²) in [7, 11) is -4.00. The zero-order valence-corrected chi connectivity index (χ0v) is 11.6. The molecule has 0 aliphatic carbocycles. The number of hydrogen-bond donors (Lipinski definition) is 0. The molecular formula is H2CaO5PSZn+3. The quantitative estimate of drug-likeness (QED) is 0.225. The summed E-state index contributed by atoms with van der Waals surface area (Å²) in [5.41, 5.74) is 0. The first-order valence-corrected chi connectivity index (χ1v) is 2.71. The van der Waals surface area contributed by atoms with Gasteiger partial charge in [-0.2, -0.15) is 0 Å². The van der Waals surface area contributed by atoms with Crippen molar-refractivity contribution in [2.24, 2.45) is 0 Å². The van der Waals surface area contributed by atoms with Crippen LogP contribution in [0.15, 0.2) is 0 Å². The molecule has 0 heterocycles. The van der Waals surface area contributed by atoms with Gasteiger partial charge in [0.25, 0.3) is 0 Å². The third-order valence-electron chi connectivity index (χ3n) is 0. The van der Waals surface area contributed by atoms with Crippen LogP contribution in [0.3, 0.4) is 0 Å². The Balaban J connectivity index is -0.0000000286. The Bertz CT molecular complexity index is 111. The Morgan fingerprint density at radius 1 is 1.11 bits per heavy atom. The topological polar surface area (TPSA) is 97.3 Å². The smallest absolute Gasteiger partial charge is 0.759 e. The van der Waals surface area contributed by atoms with Crippen molar-refractivity contribution in [3.05, 3.63) is 0 Å². The Labute approximate surface area is 97.5 Å². The standard InChI is InChI=1S/Ca.H2O4S.H2OP.Zn/c;1-5(2,3)4;1-2;/h;(H2,1,2,3,4);2H2;/q+2;;+1;+2/p-2. The van der Waals surface area contributed by atoms with Gasteiger partial charge in [0, 0.05) is 10.4 Å². The minimum atomic E-state index is -5.17. The molecule has 0 rings (SSSR count). The van der Waals surface area contributed by atoms with Crippen molar-refractivity contribution in [1.82, 2.24) is 0 Å². The fourth-order valence-electron chi connectivity index (χ4n) is 0. The second-order valence-corrected chi connectivity index (χ2v) is 1.22. The zero-order chi connectivity index (χ0) is 6.50. The molecule has 44 valence electrons. The molecule has 0 saturated carbocycles. The Morgan fingerprint density at radius 3 is 1.11 bits per heavy atom. The second-order valence-electron chi connectivity index (χ2n) is 0.408. The molecule has 0 saturated heterocycles. The van der Waals surface area contributed by atoms with Crippen LogP contribution in [0, 0.1) is 0 Å². The summed E-state index contributed by atoms with van der Waals surface area (Å²) in [6.45, 7) is 0. The second kappa shape index (κ2) is 12.5. The summed E-state index contributed by atoms with van der Waals surface area (Å²) in [6, 6.07) is 0. The van der Waals surface area contributed by atoms with Crippen molar-refractivity contribution in [3.63, 3.8) is 0 Å². The van der Waals surface area contributed by atoms with Crippen LogP contribution in [0.2, 0.25) is 0 Å². The SMILES string of the molecule is O=S(=O)([O-])[O-].O=[PH2+].[Ca+2].[Zn+2]. The van der Waals surface area contributed by atoms with Crippen LogP contribution in [-0.2, 0) is 34.4 Å². The van der Waals surface area contributed by atoms with Crippen molar-refractivity contribution >= 4 is 57.3 Å². The van der Waals surface area contributed by atoms with E-state index in [-0.39, 0.29) is 57.2 Å². The van der Waals surface area contributed by atoms with Gasteiger partial charge in [-0.1, -0.05) is 4.57 Å². The van der Waals surface area contributed by atoms with Gasteiger partial charge in [0.2, 0.25) is 0 Å². The fourth-order valence-corrected chi connectivity index (χ4v) is 0. The number of rotatable bonds is 0. The number of hydrogen-bond acceptors (Lipinski definition) is 5. The summed E-state index contributed by atoms with van der Waals surface area (Å²) < 4.78 is 42.2. The molecule has 0 fully saturated rings. The van der Waals surface area contributed by atoms with E-state index in [1.165, 1.54) is 9.12 Å². The zero-order valence-electron chi connectivity index (χ0n) is 4.44. The first-order valence-electron chi connectivity index (χ1n) is 0.902. The molecule has 1 unspecified atom stereocenters. The maximum absolute atomic E-state index is 8.52. The first kappa shape index (κ1) is 22.4. The average molecular weight is 251 g/mol. The van der Waals surface area contributed by atoms with Gasteiger partial charge in [0.1, 0.15) is 0 Å². The van der Waals surface area contributed by atoms with Gasteiger partial charge in [0.15, 0.2) is 0 Å². The van der Waals surface area contributed by atoms with E-state index in [2.05, 4.69) is 0 Å². The normalized spacial score (nSPS) is 6.89. The van der Waals surface area contributed by atoms with E-state index in [4.69, 9.17) is 22.1 Å². The van der Waals surface area contributed by atoms with Crippen molar-refractivity contribution in [3.8, 4) is 0 Å². The predicted molar refractivity (Wildman–Crippen MR) is 26.6 cm³/mol. The van der Waals surface area contributed by atoms with Crippen molar-refractivity contribution in [2.45, 2.75) is 0 Å². The van der Waals surface area contributed by atoms with Gasteiger partial charge >= 0.3 is 66.3 Å². The molecule has 0 spiro atoms. The summed E-state index contributed by atoms with van der Waals surface area (Å²) >= 11 is 0. The largest absolute Gasteiger partial charge is 2.00 e.